The minimum absolute atomic E-state index is 0.209. The van der Waals surface area contributed by atoms with Crippen molar-refractivity contribution in [3.05, 3.63) is 0 Å². The predicted molar refractivity (Wildman–Crippen MR) is 74.0 cm³/mol. The van der Waals surface area contributed by atoms with Crippen molar-refractivity contribution in [1.82, 2.24) is 4.90 Å². The van der Waals surface area contributed by atoms with Crippen LogP contribution in [-0.2, 0) is 4.79 Å². The molecule has 0 aromatic heterocycles. The Hall–Kier alpha value is -0.570. The molecule has 2 N–H and O–H groups in total. The van der Waals surface area contributed by atoms with Gasteiger partial charge in [0.25, 0.3) is 0 Å². The fourth-order valence-electron chi connectivity index (χ4n) is 3.62. The van der Waals surface area contributed by atoms with E-state index < -0.39 is 0 Å². The molecule has 2 saturated carbocycles. The van der Waals surface area contributed by atoms with Crippen LogP contribution >= 0.6 is 0 Å². The smallest absolute Gasteiger partial charge is 0.225 e. The zero-order valence-electron chi connectivity index (χ0n) is 12.1. The summed E-state index contributed by atoms with van der Waals surface area (Å²) in [6, 6.07) is 0.209. The van der Waals surface area contributed by atoms with Crippen molar-refractivity contribution in [2.75, 3.05) is 13.6 Å². The highest BCUT2D eigenvalue weighted by atomic mass is 16.2. The summed E-state index contributed by atoms with van der Waals surface area (Å²) in [6.45, 7) is 5.09. The fourth-order valence-corrected chi connectivity index (χ4v) is 3.62. The van der Waals surface area contributed by atoms with E-state index in [-0.39, 0.29) is 6.04 Å². The van der Waals surface area contributed by atoms with Gasteiger partial charge in [-0.15, -0.1) is 0 Å². The van der Waals surface area contributed by atoms with Gasteiger partial charge in [-0.2, -0.15) is 0 Å². The second-order valence-electron chi connectivity index (χ2n) is 6.74. The van der Waals surface area contributed by atoms with E-state index in [4.69, 9.17) is 5.73 Å². The van der Waals surface area contributed by atoms with Crippen LogP contribution < -0.4 is 5.73 Å². The molecule has 0 aromatic rings. The normalized spacial score (nSPS) is 31.9. The Morgan fingerprint density at radius 2 is 2.06 bits per heavy atom. The fraction of sp³-hybridized carbons (Fsp3) is 0.933. The lowest BCUT2D eigenvalue weighted by Gasteiger charge is -2.27. The highest BCUT2D eigenvalue weighted by Gasteiger charge is 2.43. The van der Waals surface area contributed by atoms with Gasteiger partial charge in [0.15, 0.2) is 0 Å². The van der Waals surface area contributed by atoms with Crippen LogP contribution in [0.15, 0.2) is 0 Å². The summed E-state index contributed by atoms with van der Waals surface area (Å²) < 4.78 is 0. The molecule has 4 unspecified atom stereocenters. The van der Waals surface area contributed by atoms with Crippen molar-refractivity contribution in [2.24, 2.45) is 29.4 Å². The van der Waals surface area contributed by atoms with E-state index in [2.05, 4.69) is 13.8 Å². The van der Waals surface area contributed by atoms with Crippen LogP contribution in [0.3, 0.4) is 0 Å². The summed E-state index contributed by atoms with van der Waals surface area (Å²) in [4.78, 5) is 14.3. The first-order chi connectivity index (χ1) is 8.49. The maximum atomic E-state index is 12.4. The van der Waals surface area contributed by atoms with Gasteiger partial charge in [0.1, 0.15) is 0 Å². The molecule has 1 amide bonds. The molecule has 2 aliphatic rings. The summed E-state index contributed by atoms with van der Waals surface area (Å²) in [5.41, 5.74) is 6.04. The van der Waals surface area contributed by atoms with Crippen LogP contribution in [0.1, 0.15) is 46.0 Å². The lowest BCUT2D eigenvalue weighted by atomic mass is 9.87. The molecule has 4 atom stereocenters. The number of hydrogen-bond donors (Lipinski definition) is 1. The van der Waals surface area contributed by atoms with E-state index in [9.17, 15) is 4.79 Å². The largest absolute Gasteiger partial charge is 0.345 e. The molecular formula is C15H28N2O. The topological polar surface area (TPSA) is 46.3 Å². The van der Waals surface area contributed by atoms with Crippen LogP contribution in [0.25, 0.3) is 0 Å². The Kier molecular flexibility index (Phi) is 4.31. The first-order valence-electron chi connectivity index (χ1n) is 7.49. The molecule has 0 aliphatic heterocycles. The molecule has 3 nitrogen and oxygen atoms in total. The average Bonchev–Trinajstić information content (AvgIpc) is 2.96. The van der Waals surface area contributed by atoms with Crippen molar-refractivity contribution in [1.29, 1.82) is 0 Å². The summed E-state index contributed by atoms with van der Waals surface area (Å²) >= 11 is 0. The second kappa shape index (κ2) is 5.60. The standard InChI is InChI=1S/C15H28N2O/c1-10(2)14(16)6-7-17(3)15(18)13-9-11-4-5-12(13)8-11/h10-14H,4-9,16H2,1-3H3. The Labute approximate surface area is 111 Å². The lowest BCUT2D eigenvalue weighted by Crippen LogP contribution is -2.39. The number of hydrogen-bond acceptors (Lipinski definition) is 2. The number of carbonyl (C=O) groups is 1. The van der Waals surface area contributed by atoms with Gasteiger partial charge in [-0.1, -0.05) is 20.3 Å². The Balaban J connectivity index is 1.78. The van der Waals surface area contributed by atoms with E-state index in [0.717, 1.165) is 25.3 Å². The van der Waals surface area contributed by atoms with E-state index >= 15 is 0 Å². The molecule has 2 aliphatic carbocycles. The van der Waals surface area contributed by atoms with Gasteiger partial charge in [0.05, 0.1) is 0 Å². The van der Waals surface area contributed by atoms with Crippen LogP contribution in [0.4, 0.5) is 0 Å². The number of amides is 1. The van der Waals surface area contributed by atoms with Crippen LogP contribution in [0.5, 0.6) is 0 Å². The van der Waals surface area contributed by atoms with E-state index in [1.165, 1.54) is 19.3 Å². The molecule has 2 bridgehead atoms. The zero-order valence-corrected chi connectivity index (χ0v) is 12.1. The molecule has 2 rings (SSSR count). The van der Waals surface area contributed by atoms with Crippen molar-refractivity contribution in [3.8, 4) is 0 Å². The maximum absolute atomic E-state index is 12.4. The molecule has 18 heavy (non-hydrogen) atoms. The van der Waals surface area contributed by atoms with Crippen LogP contribution in [-0.4, -0.2) is 30.4 Å². The first kappa shape index (κ1) is 13.9. The number of rotatable bonds is 5. The summed E-state index contributed by atoms with van der Waals surface area (Å²) in [5.74, 6) is 2.72. The minimum atomic E-state index is 0.209. The molecule has 0 spiro atoms. The molecule has 0 saturated heterocycles. The summed E-state index contributed by atoms with van der Waals surface area (Å²) in [7, 11) is 1.95. The quantitative estimate of drug-likeness (QED) is 0.816. The lowest BCUT2D eigenvalue weighted by molar-refractivity contribution is -0.136. The van der Waals surface area contributed by atoms with Crippen LogP contribution in [0.2, 0.25) is 0 Å². The van der Waals surface area contributed by atoms with Gasteiger partial charge >= 0.3 is 0 Å². The average molecular weight is 252 g/mol. The van der Waals surface area contributed by atoms with Crippen molar-refractivity contribution in [3.63, 3.8) is 0 Å². The monoisotopic (exact) mass is 252 g/mol. The van der Waals surface area contributed by atoms with Gasteiger partial charge < -0.3 is 10.6 Å². The van der Waals surface area contributed by atoms with E-state index in [0.29, 0.717) is 23.7 Å². The third-order valence-electron chi connectivity index (χ3n) is 5.09. The molecule has 104 valence electrons. The second-order valence-corrected chi connectivity index (χ2v) is 6.74. The highest BCUT2D eigenvalue weighted by molar-refractivity contribution is 5.79. The van der Waals surface area contributed by atoms with Gasteiger partial charge in [-0.25, -0.2) is 0 Å². The summed E-state index contributed by atoms with van der Waals surface area (Å²) in [6.07, 6.45) is 6.00. The predicted octanol–water partition coefficient (Wildman–Crippen LogP) is 2.25. The van der Waals surface area contributed by atoms with Gasteiger partial charge in [0, 0.05) is 25.6 Å². The third kappa shape index (κ3) is 2.87. The van der Waals surface area contributed by atoms with Gasteiger partial charge in [-0.3, -0.25) is 4.79 Å². The molecular weight excluding hydrogens is 224 g/mol. The SMILES string of the molecule is CC(C)C(N)CCN(C)C(=O)C1CC2CCC1C2. The van der Waals surface area contributed by atoms with E-state index in [1.807, 2.05) is 11.9 Å². The molecule has 0 heterocycles. The third-order valence-corrected chi connectivity index (χ3v) is 5.09. The molecule has 0 aromatic carbocycles. The van der Waals surface area contributed by atoms with Crippen molar-refractivity contribution >= 4 is 5.91 Å². The van der Waals surface area contributed by atoms with Crippen molar-refractivity contribution < 1.29 is 4.79 Å². The van der Waals surface area contributed by atoms with Gasteiger partial charge in [-0.05, 0) is 43.4 Å². The minimum Gasteiger partial charge on any atom is -0.345 e. The highest BCUT2D eigenvalue weighted by Crippen LogP contribution is 2.48. The number of carbonyl (C=O) groups excluding carboxylic acids is 1. The number of nitrogens with two attached hydrogens (primary N) is 1. The summed E-state index contributed by atoms with van der Waals surface area (Å²) in [5, 5.41) is 0. The Bertz CT molecular complexity index is 303. The Morgan fingerprint density at radius 1 is 1.33 bits per heavy atom. The molecule has 0 radical (unpaired) electrons. The van der Waals surface area contributed by atoms with Crippen LogP contribution in [0, 0.1) is 23.7 Å². The Morgan fingerprint density at radius 3 is 2.56 bits per heavy atom. The molecule has 2 fully saturated rings. The maximum Gasteiger partial charge on any atom is 0.225 e. The molecule has 3 heteroatoms. The first-order valence-corrected chi connectivity index (χ1v) is 7.49. The van der Waals surface area contributed by atoms with E-state index in [1.54, 1.807) is 0 Å². The van der Waals surface area contributed by atoms with Crippen molar-refractivity contribution in [2.45, 2.75) is 52.0 Å². The number of fused-ring (bicyclic) bond motifs is 2. The van der Waals surface area contributed by atoms with Gasteiger partial charge in [0.2, 0.25) is 5.91 Å². The zero-order chi connectivity index (χ0) is 13.3. The number of nitrogens with zero attached hydrogens (tertiary/aromatic N) is 1.